The van der Waals surface area contributed by atoms with Crippen molar-refractivity contribution in [3.8, 4) is 22.6 Å². The zero-order valence-corrected chi connectivity index (χ0v) is 16.2. The second-order valence-electron chi connectivity index (χ2n) is 6.76. The summed E-state index contributed by atoms with van der Waals surface area (Å²) in [6, 6.07) is 10.4. The molecule has 0 radical (unpaired) electrons. The van der Waals surface area contributed by atoms with Crippen LogP contribution in [0.2, 0.25) is 0 Å². The lowest BCUT2D eigenvalue weighted by Gasteiger charge is -2.10. The zero-order valence-electron chi connectivity index (χ0n) is 16.2. The summed E-state index contributed by atoms with van der Waals surface area (Å²) in [4.78, 5) is 12.9. The van der Waals surface area contributed by atoms with E-state index in [1.165, 1.54) is 19.2 Å². The molecule has 0 unspecified atom stereocenters. The van der Waals surface area contributed by atoms with Crippen LogP contribution in [0.4, 0.5) is 4.39 Å². The van der Waals surface area contributed by atoms with Crippen LogP contribution < -0.4 is 10.4 Å². The molecule has 0 saturated heterocycles. The Hall–Kier alpha value is -3.61. The molecule has 148 valence electrons. The number of aromatic nitrogens is 4. The van der Waals surface area contributed by atoms with Gasteiger partial charge in [0.15, 0.2) is 0 Å². The summed E-state index contributed by atoms with van der Waals surface area (Å²) in [5, 5.41) is 6.84. The number of rotatable bonds is 6. The highest BCUT2D eigenvalue weighted by Gasteiger charge is 2.11. The van der Waals surface area contributed by atoms with Gasteiger partial charge in [-0.15, -0.1) is 0 Å². The Bertz CT molecular complexity index is 1190. The van der Waals surface area contributed by atoms with Crippen LogP contribution in [0.3, 0.4) is 0 Å². The number of nitrogens with one attached hydrogen (secondary N) is 1. The van der Waals surface area contributed by atoms with E-state index >= 15 is 0 Å². The van der Waals surface area contributed by atoms with Gasteiger partial charge in [0.05, 0.1) is 25.5 Å². The second kappa shape index (κ2) is 7.79. The Labute approximate surface area is 167 Å². The largest absolute Gasteiger partial charge is 0.497 e. The fourth-order valence-corrected chi connectivity index (χ4v) is 3.46. The van der Waals surface area contributed by atoms with Crippen LogP contribution in [-0.2, 0) is 13.0 Å². The molecular weight excluding hydrogens is 371 g/mol. The molecule has 4 rings (SSSR count). The van der Waals surface area contributed by atoms with E-state index in [4.69, 9.17) is 4.74 Å². The van der Waals surface area contributed by atoms with E-state index < -0.39 is 5.82 Å². The summed E-state index contributed by atoms with van der Waals surface area (Å²) in [5.74, 6) is 0.0316. The Morgan fingerprint density at radius 2 is 2.03 bits per heavy atom. The van der Waals surface area contributed by atoms with Gasteiger partial charge in [0.2, 0.25) is 0 Å². The minimum atomic E-state index is -0.394. The van der Waals surface area contributed by atoms with Crippen LogP contribution in [0.1, 0.15) is 18.1 Å². The van der Waals surface area contributed by atoms with E-state index in [1.807, 2.05) is 24.4 Å². The fraction of sp³-hybridized carbons (Fsp3) is 0.182. The third kappa shape index (κ3) is 3.71. The molecule has 0 bridgehead atoms. The quantitative estimate of drug-likeness (QED) is 0.543. The monoisotopic (exact) mass is 392 g/mol. The maximum Gasteiger partial charge on any atom is 0.333 e. The van der Waals surface area contributed by atoms with E-state index in [1.54, 1.807) is 33.8 Å². The third-order valence-corrected chi connectivity index (χ3v) is 4.92. The third-order valence-electron chi connectivity index (χ3n) is 4.92. The number of hydrogen-bond donors (Lipinski definition) is 1. The van der Waals surface area contributed by atoms with Crippen molar-refractivity contribution in [2.45, 2.75) is 19.9 Å². The van der Waals surface area contributed by atoms with Crippen LogP contribution in [-0.4, -0.2) is 26.4 Å². The molecular formula is C22H21FN4O2. The Morgan fingerprint density at radius 1 is 1.17 bits per heavy atom. The number of halogens is 1. The van der Waals surface area contributed by atoms with Gasteiger partial charge in [-0.1, -0.05) is 13.0 Å². The maximum atomic E-state index is 13.7. The van der Waals surface area contributed by atoms with Gasteiger partial charge in [-0.3, -0.25) is 14.2 Å². The topological polar surface area (TPSA) is 64.8 Å². The molecule has 0 aliphatic rings. The average molecular weight is 392 g/mol. The number of nitrogens with zero attached hydrogens (tertiary/aromatic N) is 3. The SMILES string of the molecule is CCc1cc(-n2ccn(Cc3cc(F)cc(OC)c3)c2=O)ccc1-c1cn[nH]c1. The van der Waals surface area contributed by atoms with Crippen molar-refractivity contribution in [1.29, 1.82) is 0 Å². The van der Waals surface area contributed by atoms with E-state index in [2.05, 4.69) is 17.1 Å². The summed E-state index contributed by atoms with van der Waals surface area (Å²) in [6.07, 6.45) is 7.89. The smallest absolute Gasteiger partial charge is 0.333 e. The lowest BCUT2D eigenvalue weighted by molar-refractivity contribution is 0.410. The van der Waals surface area contributed by atoms with Crippen molar-refractivity contribution in [1.82, 2.24) is 19.3 Å². The summed E-state index contributed by atoms with van der Waals surface area (Å²) in [5.41, 5.74) is 4.48. The van der Waals surface area contributed by atoms with Crippen molar-refractivity contribution in [2.24, 2.45) is 0 Å². The van der Waals surface area contributed by atoms with Gasteiger partial charge < -0.3 is 4.74 Å². The number of aromatic amines is 1. The highest BCUT2D eigenvalue weighted by Crippen LogP contribution is 2.25. The van der Waals surface area contributed by atoms with Gasteiger partial charge in [-0.2, -0.15) is 5.10 Å². The molecule has 2 aromatic heterocycles. The van der Waals surface area contributed by atoms with Crippen molar-refractivity contribution >= 4 is 0 Å². The van der Waals surface area contributed by atoms with E-state index in [0.717, 1.165) is 28.8 Å². The Morgan fingerprint density at radius 3 is 2.76 bits per heavy atom. The van der Waals surface area contributed by atoms with Crippen molar-refractivity contribution in [3.63, 3.8) is 0 Å². The predicted octanol–water partition coefficient (Wildman–Crippen LogP) is 3.79. The average Bonchev–Trinajstić information content (AvgIpc) is 3.38. The molecule has 4 aromatic rings. The molecule has 2 heterocycles. The van der Waals surface area contributed by atoms with E-state index in [-0.39, 0.29) is 12.2 Å². The van der Waals surface area contributed by atoms with Crippen molar-refractivity contribution < 1.29 is 9.13 Å². The normalized spacial score (nSPS) is 11.0. The first-order chi connectivity index (χ1) is 14.1. The predicted molar refractivity (Wildman–Crippen MR) is 109 cm³/mol. The van der Waals surface area contributed by atoms with Crippen LogP contribution in [0.5, 0.6) is 5.75 Å². The highest BCUT2D eigenvalue weighted by molar-refractivity contribution is 5.67. The minimum Gasteiger partial charge on any atom is -0.497 e. The number of H-pyrrole nitrogens is 1. The highest BCUT2D eigenvalue weighted by atomic mass is 19.1. The van der Waals surface area contributed by atoms with E-state index in [0.29, 0.717) is 11.3 Å². The fourth-order valence-electron chi connectivity index (χ4n) is 3.46. The van der Waals surface area contributed by atoms with Gasteiger partial charge in [0.25, 0.3) is 0 Å². The Kier molecular flexibility index (Phi) is 5.03. The number of hydrogen-bond acceptors (Lipinski definition) is 3. The molecule has 0 aliphatic heterocycles. The molecule has 0 atom stereocenters. The zero-order chi connectivity index (χ0) is 20.4. The number of benzene rings is 2. The molecule has 7 heteroatoms. The molecule has 2 aromatic carbocycles. The molecule has 0 amide bonds. The number of aryl methyl sites for hydroxylation is 1. The lowest BCUT2D eigenvalue weighted by atomic mass is 10.00. The van der Waals surface area contributed by atoms with Gasteiger partial charge in [-0.25, -0.2) is 9.18 Å². The molecule has 0 saturated carbocycles. The van der Waals surface area contributed by atoms with Crippen molar-refractivity contribution in [3.05, 3.63) is 88.6 Å². The van der Waals surface area contributed by atoms with Crippen LogP contribution in [0, 0.1) is 5.82 Å². The van der Waals surface area contributed by atoms with Crippen LogP contribution in [0.15, 0.2) is 66.0 Å². The summed E-state index contributed by atoms with van der Waals surface area (Å²) in [6.45, 7) is 2.33. The first-order valence-corrected chi connectivity index (χ1v) is 9.32. The maximum absolute atomic E-state index is 13.7. The van der Waals surface area contributed by atoms with Gasteiger partial charge >= 0.3 is 5.69 Å². The molecule has 1 N–H and O–H groups in total. The van der Waals surface area contributed by atoms with E-state index in [9.17, 15) is 9.18 Å². The minimum absolute atomic E-state index is 0.189. The van der Waals surface area contributed by atoms with Gasteiger partial charge in [0, 0.05) is 30.2 Å². The van der Waals surface area contributed by atoms with Crippen LogP contribution in [0.25, 0.3) is 16.8 Å². The molecule has 0 aliphatic carbocycles. The summed E-state index contributed by atoms with van der Waals surface area (Å²) >= 11 is 0. The molecule has 29 heavy (non-hydrogen) atoms. The van der Waals surface area contributed by atoms with Crippen LogP contribution >= 0.6 is 0 Å². The standard InChI is InChI=1S/C22H21FN4O2/c1-3-16-10-19(4-5-21(16)17-12-24-25-13-17)27-7-6-26(22(27)28)14-15-8-18(23)11-20(9-15)29-2/h4-13H,3,14H2,1-2H3,(H,24,25). The molecule has 0 fully saturated rings. The number of methoxy groups -OCH3 is 1. The number of ether oxygens (including phenoxy) is 1. The summed E-state index contributed by atoms with van der Waals surface area (Å²) < 4.78 is 22.0. The van der Waals surface area contributed by atoms with Gasteiger partial charge in [0.1, 0.15) is 11.6 Å². The Balaban J connectivity index is 1.67. The number of imidazole rings is 1. The summed E-state index contributed by atoms with van der Waals surface area (Å²) in [7, 11) is 1.49. The van der Waals surface area contributed by atoms with Gasteiger partial charge in [-0.05, 0) is 47.4 Å². The molecule has 6 nitrogen and oxygen atoms in total. The second-order valence-corrected chi connectivity index (χ2v) is 6.76. The first-order valence-electron chi connectivity index (χ1n) is 9.32. The molecule has 0 spiro atoms. The lowest BCUT2D eigenvalue weighted by Crippen LogP contribution is -2.23. The first kappa shape index (κ1) is 18.7. The van der Waals surface area contributed by atoms with Crippen molar-refractivity contribution in [2.75, 3.05) is 7.11 Å².